The number of hydrogen-bond acceptors (Lipinski definition) is 2. The van der Waals surface area contributed by atoms with Crippen molar-refractivity contribution in [3.8, 4) is 67.2 Å². The molecule has 8 aromatic carbocycles. The van der Waals surface area contributed by atoms with E-state index in [-0.39, 0.29) is 0 Å². The van der Waals surface area contributed by atoms with Crippen LogP contribution in [0.25, 0.3) is 88.8 Å². The summed E-state index contributed by atoms with van der Waals surface area (Å²) >= 11 is 0. The van der Waals surface area contributed by atoms with Crippen molar-refractivity contribution < 1.29 is 0 Å². The summed E-state index contributed by atoms with van der Waals surface area (Å²) in [4.78, 5) is 10.4. The zero-order valence-corrected chi connectivity index (χ0v) is 27.4. The van der Waals surface area contributed by atoms with Crippen molar-refractivity contribution in [2.75, 3.05) is 0 Å². The van der Waals surface area contributed by atoms with Crippen LogP contribution in [0.1, 0.15) is 0 Å². The molecule has 0 saturated heterocycles. The van der Waals surface area contributed by atoms with Crippen LogP contribution in [-0.4, -0.2) is 9.97 Å². The Labute approximate surface area is 292 Å². The zero-order chi connectivity index (χ0) is 33.3. The molecule has 0 saturated carbocycles. The molecule has 1 heterocycles. The summed E-state index contributed by atoms with van der Waals surface area (Å²) in [6, 6.07) is 68.7. The lowest BCUT2D eigenvalue weighted by molar-refractivity contribution is 1.23. The van der Waals surface area contributed by atoms with Gasteiger partial charge in [0.1, 0.15) is 0 Å². The lowest BCUT2D eigenvalue weighted by Gasteiger charge is -2.13. The standard InChI is InChI=1S/C48H32N2/c1-3-11-33(12-4-1)35-23-27-39(28-24-35)48-49-45-30-29-37-15-7-8-20-44(37)46(45)47(50-48)38-25-21-36(22-26-38)41-17-10-19-43(32-41)42-18-9-16-40(31-42)34-13-5-2-6-14-34/h1-32H. The van der Waals surface area contributed by atoms with Crippen LogP contribution < -0.4 is 0 Å². The fourth-order valence-electron chi connectivity index (χ4n) is 6.89. The molecule has 50 heavy (non-hydrogen) atoms. The van der Waals surface area contributed by atoms with E-state index in [0.29, 0.717) is 0 Å². The van der Waals surface area contributed by atoms with Crippen LogP contribution in [0.15, 0.2) is 194 Å². The molecule has 0 aliphatic carbocycles. The van der Waals surface area contributed by atoms with E-state index in [2.05, 4.69) is 188 Å². The number of rotatable bonds is 6. The summed E-state index contributed by atoms with van der Waals surface area (Å²) in [5.74, 6) is 0.719. The number of hydrogen-bond donors (Lipinski definition) is 0. The molecule has 0 atom stereocenters. The van der Waals surface area contributed by atoms with Crippen molar-refractivity contribution in [2.45, 2.75) is 0 Å². The van der Waals surface area contributed by atoms with E-state index in [9.17, 15) is 0 Å². The third-order valence-corrected chi connectivity index (χ3v) is 9.50. The zero-order valence-electron chi connectivity index (χ0n) is 27.4. The summed E-state index contributed by atoms with van der Waals surface area (Å²) in [7, 11) is 0. The highest BCUT2D eigenvalue weighted by atomic mass is 14.9. The maximum atomic E-state index is 5.27. The van der Waals surface area contributed by atoms with Crippen LogP contribution in [0, 0.1) is 0 Å². The fraction of sp³-hybridized carbons (Fsp3) is 0. The molecule has 2 nitrogen and oxygen atoms in total. The van der Waals surface area contributed by atoms with Crippen molar-refractivity contribution in [1.82, 2.24) is 9.97 Å². The van der Waals surface area contributed by atoms with E-state index in [0.717, 1.165) is 44.5 Å². The van der Waals surface area contributed by atoms with Crippen LogP contribution in [0.3, 0.4) is 0 Å². The van der Waals surface area contributed by atoms with E-state index < -0.39 is 0 Å². The summed E-state index contributed by atoms with van der Waals surface area (Å²) in [5.41, 5.74) is 13.5. The average Bonchev–Trinajstić information content (AvgIpc) is 3.21. The second-order valence-corrected chi connectivity index (χ2v) is 12.6. The monoisotopic (exact) mass is 636 g/mol. The van der Waals surface area contributed by atoms with E-state index in [1.165, 1.54) is 44.3 Å². The first kappa shape index (κ1) is 29.5. The normalized spacial score (nSPS) is 11.2. The number of fused-ring (bicyclic) bond motifs is 3. The van der Waals surface area contributed by atoms with E-state index >= 15 is 0 Å². The van der Waals surface area contributed by atoms with Crippen LogP contribution in [0.5, 0.6) is 0 Å². The van der Waals surface area contributed by atoms with Gasteiger partial charge in [-0.2, -0.15) is 0 Å². The Hall–Kier alpha value is -6.64. The van der Waals surface area contributed by atoms with Gasteiger partial charge in [0.25, 0.3) is 0 Å². The van der Waals surface area contributed by atoms with Gasteiger partial charge in [-0.15, -0.1) is 0 Å². The molecule has 1 aromatic heterocycles. The van der Waals surface area contributed by atoms with Crippen molar-refractivity contribution >= 4 is 21.7 Å². The molecule has 0 radical (unpaired) electrons. The molecule has 0 fully saturated rings. The van der Waals surface area contributed by atoms with Crippen LogP contribution in [-0.2, 0) is 0 Å². The predicted octanol–water partition coefficient (Wildman–Crippen LogP) is 12.8. The molecular weight excluding hydrogens is 605 g/mol. The second kappa shape index (κ2) is 12.8. The molecule has 0 spiro atoms. The van der Waals surface area contributed by atoms with Gasteiger partial charge in [0.05, 0.1) is 11.2 Å². The van der Waals surface area contributed by atoms with Crippen LogP contribution in [0.4, 0.5) is 0 Å². The highest BCUT2D eigenvalue weighted by molar-refractivity contribution is 6.12. The van der Waals surface area contributed by atoms with Gasteiger partial charge in [-0.25, -0.2) is 9.97 Å². The molecule has 9 rings (SSSR count). The first-order valence-electron chi connectivity index (χ1n) is 17.0. The Morgan fingerprint density at radius 1 is 0.280 bits per heavy atom. The number of nitrogens with zero attached hydrogens (tertiary/aromatic N) is 2. The SMILES string of the molecule is c1ccc(-c2ccc(-c3nc(-c4ccc(-c5cccc(-c6cccc(-c7ccccc7)c6)c5)cc4)c4c(ccc5ccccc54)n3)cc2)cc1. The topological polar surface area (TPSA) is 25.8 Å². The Morgan fingerprint density at radius 2 is 0.720 bits per heavy atom. The third-order valence-electron chi connectivity index (χ3n) is 9.50. The van der Waals surface area contributed by atoms with Crippen molar-refractivity contribution in [1.29, 1.82) is 0 Å². The maximum absolute atomic E-state index is 5.27. The molecule has 2 heteroatoms. The minimum atomic E-state index is 0.719. The lowest BCUT2D eigenvalue weighted by Crippen LogP contribution is -1.96. The molecule has 0 N–H and O–H groups in total. The third kappa shape index (κ3) is 5.63. The minimum absolute atomic E-state index is 0.719. The molecule has 0 bridgehead atoms. The largest absolute Gasteiger partial charge is 0.228 e. The maximum Gasteiger partial charge on any atom is 0.160 e. The van der Waals surface area contributed by atoms with Crippen molar-refractivity contribution in [2.24, 2.45) is 0 Å². The van der Waals surface area contributed by atoms with Gasteiger partial charge in [0.2, 0.25) is 0 Å². The first-order chi connectivity index (χ1) is 24.8. The van der Waals surface area contributed by atoms with Gasteiger partial charge in [-0.3, -0.25) is 0 Å². The summed E-state index contributed by atoms with van der Waals surface area (Å²) in [6.07, 6.45) is 0. The van der Waals surface area contributed by atoms with Gasteiger partial charge in [-0.05, 0) is 73.5 Å². The molecular formula is C48H32N2. The Bertz CT molecular complexity index is 2610. The van der Waals surface area contributed by atoms with E-state index in [1.54, 1.807) is 0 Å². The van der Waals surface area contributed by atoms with Crippen molar-refractivity contribution in [3.63, 3.8) is 0 Å². The Morgan fingerprint density at radius 3 is 1.34 bits per heavy atom. The van der Waals surface area contributed by atoms with Gasteiger partial charge >= 0.3 is 0 Å². The molecule has 0 aliphatic rings. The van der Waals surface area contributed by atoms with Crippen LogP contribution in [0.2, 0.25) is 0 Å². The van der Waals surface area contributed by atoms with Gasteiger partial charge < -0.3 is 0 Å². The smallest absolute Gasteiger partial charge is 0.160 e. The Kier molecular flexibility index (Phi) is 7.53. The first-order valence-corrected chi connectivity index (χ1v) is 17.0. The quantitative estimate of drug-likeness (QED) is 0.170. The Balaban J connectivity index is 1.10. The summed E-state index contributed by atoms with van der Waals surface area (Å²) in [5, 5.41) is 3.40. The number of benzene rings is 8. The van der Waals surface area contributed by atoms with Gasteiger partial charge in [-0.1, -0.05) is 176 Å². The summed E-state index contributed by atoms with van der Waals surface area (Å²) < 4.78 is 0. The average molecular weight is 637 g/mol. The molecule has 0 unspecified atom stereocenters. The van der Waals surface area contributed by atoms with E-state index in [1.807, 2.05) is 6.07 Å². The molecule has 9 aromatic rings. The van der Waals surface area contributed by atoms with E-state index in [4.69, 9.17) is 9.97 Å². The van der Waals surface area contributed by atoms with Crippen molar-refractivity contribution in [3.05, 3.63) is 194 Å². The predicted molar refractivity (Wildman–Crippen MR) is 210 cm³/mol. The molecule has 0 amide bonds. The minimum Gasteiger partial charge on any atom is -0.228 e. The van der Waals surface area contributed by atoms with Gasteiger partial charge in [0, 0.05) is 16.5 Å². The highest BCUT2D eigenvalue weighted by Gasteiger charge is 2.15. The molecule has 234 valence electrons. The second-order valence-electron chi connectivity index (χ2n) is 12.6. The molecule has 0 aliphatic heterocycles. The lowest BCUT2D eigenvalue weighted by atomic mass is 9.95. The highest BCUT2D eigenvalue weighted by Crippen LogP contribution is 2.36. The summed E-state index contributed by atoms with van der Waals surface area (Å²) in [6.45, 7) is 0. The number of aromatic nitrogens is 2. The van der Waals surface area contributed by atoms with Crippen LogP contribution >= 0.6 is 0 Å². The fourth-order valence-corrected chi connectivity index (χ4v) is 6.89. The van der Waals surface area contributed by atoms with Gasteiger partial charge in [0.15, 0.2) is 5.82 Å².